The van der Waals surface area contributed by atoms with Gasteiger partial charge < -0.3 is 0 Å². The number of halogens is 6. The molecule has 0 aliphatic heterocycles. The number of pyridine rings is 2. The molecule has 14 heteroatoms. The highest BCUT2D eigenvalue weighted by atomic mass is 19.2. The Morgan fingerprint density at radius 1 is 0.477 bits per heavy atom. The minimum Gasteiger partial charge on any atom is -0.206 e. The number of nitrogens with zero attached hydrogens (tertiary/aromatic N) is 8. The van der Waals surface area contributed by atoms with Crippen molar-refractivity contribution in [3.8, 4) is 36.4 Å². The van der Waals surface area contributed by atoms with Gasteiger partial charge in [0.05, 0.1) is 11.1 Å². The lowest BCUT2D eigenvalue weighted by Crippen LogP contribution is -2.05. The first-order valence-electron chi connectivity index (χ1n) is 11.7. The first-order chi connectivity index (χ1) is 21.1. The van der Waals surface area contributed by atoms with E-state index < -0.39 is 113 Å². The zero-order chi connectivity index (χ0) is 32.0. The zero-order valence-electron chi connectivity index (χ0n) is 21.2. The highest BCUT2D eigenvalue weighted by Gasteiger charge is 2.44. The molecule has 0 spiro atoms. The van der Waals surface area contributed by atoms with Crippen LogP contribution in [0.25, 0.3) is 33.4 Å². The van der Waals surface area contributed by atoms with E-state index in [2.05, 4.69) is 9.97 Å². The lowest BCUT2D eigenvalue weighted by atomic mass is 9.89. The Hall–Kier alpha value is -7.00. The Labute approximate surface area is 242 Å². The molecular formula is C30H4F6N8. The van der Waals surface area contributed by atoms with Crippen molar-refractivity contribution in [2.24, 2.45) is 0 Å². The molecular weight excluding hydrogens is 586 g/mol. The van der Waals surface area contributed by atoms with Crippen molar-refractivity contribution in [2.45, 2.75) is 0 Å². The monoisotopic (exact) mass is 590 g/mol. The maximum Gasteiger partial charge on any atom is 0.216 e. The van der Waals surface area contributed by atoms with Gasteiger partial charge in [0.2, 0.25) is 23.8 Å². The van der Waals surface area contributed by atoms with Gasteiger partial charge in [-0.3, -0.25) is 0 Å². The molecule has 44 heavy (non-hydrogen) atoms. The van der Waals surface area contributed by atoms with Crippen molar-refractivity contribution >= 4 is 33.4 Å². The molecule has 0 atom stereocenters. The van der Waals surface area contributed by atoms with Gasteiger partial charge in [-0.05, 0) is 11.1 Å². The van der Waals surface area contributed by atoms with Gasteiger partial charge in [-0.15, -0.1) is 0 Å². The third-order valence-electron chi connectivity index (χ3n) is 6.65. The fourth-order valence-electron chi connectivity index (χ4n) is 5.17. The maximum absolute atomic E-state index is 16.8. The van der Waals surface area contributed by atoms with Crippen LogP contribution in [0.2, 0.25) is 0 Å². The van der Waals surface area contributed by atoms with Gasteiger partial charge in [0.25, 0.3) is 0 Å². The largest absolute Gasteiger partial charge is 0.216 e. The number of hydrogen-bond acceptors (Lipinski definition) is 8. The molecule has 0 radical (unpaired) electrons. The van der Waals surface area contributed by atoms with Crippen LogP contribution in [0.4, 0.5) is 26.3 Å². The van der Waals surface area contributed by atoms with E-state index >= 15 is 8.78 Å². The van der Waals surface area contributed by atoms with E-state index in [4.69, 9.17) is 0 Å². The summed E-state index contributed by atoms with van der Waals surface area (Å²) >= 11 is 0. The van der Waals surface area contributed by atoms with Crippen molar-refractivity contribution in [1.82, 2.24) is 9.97 Å². The van der Waals surface area contributed by atoms with E-state index in [1.807, 2.05) is 0 Å². The third kappa shape index (κ3) is 3.97. The summed E-state index contributed by atoms with van der Waals surface area (Å²) in [6.07, 6.45) is 0. The second-order valence-electron chi connectivity index (χ2n) is 8.80. The Morgan fingerprint density at radius 2 is 0.773 bits per heavy atom. The number of hydrogen-bond donors (Lipinski definition) is 0. The SMILES string of the molecule is N#CC(C#N)=C1C(c2cc(F)nc(F)c2)=C(C#N)c2c(F)c3c(c(F)c21)C(C#N)=C(c1cc(F)nc(F)c1)C3=C(C#N)C#N. The van der Waals surface area contributed by atoms with Crippen LogP contribution in [0.5, 0.6) is 0 Å². The van der Waals surface area contributed by atoms with Crippen molar-refractivity contribution in [1.29, 1.82) is 31.6 Å². The second-order valence-corrected chi connectivity index (χ2v) is 8.80. The van der Waals surface area contributed by atoms with Crippen LogP contribution in [0.3, 0.4) is 0 Å². The number of fused-ring (bicyclic) bond motifs is 2. The summed E-state index contributed by atoms with van der Waals surface area (Å²) in [5.41, 5.74) is -11.1. The predicted molar refractivity (Wildman–Crippen MR) is 136 cm³/mol. The van der Waals surface area contributed by atoms with Gasteiger partial charge in [-0.1, -0.05) is 0 Å². The molecule has 0 amide bonds. The van der Waals surface area contributed by atoms with Gasteiger partial charge in [0.15, 0.2) is 0 Å². The molecule has 0 saturated carbocycles. The summed E-state index contributed by atoms with van der Waals surface area (Å²) < 4.78 is 90.1. The highest BCUT2D eigenvalue weighted by Crippen LogP contribution is 2.57. The van der Waals surface area contributed by atoms with Gasteiger partial charge in [0.1, 0.15) is 59.2 Å². The van der Waals surface area contributed by atoms with Gasteiger partial charge >= 0.3 is 0 Å². The van der Waals surface area contributed by atoms with E-state index in [9.17, 15) is 49.1 Å². The molecule has 0 N–H and O–H groups in total. The quantitative estimate of drug-likeness (QED) is 0.205. The van der Waals surface area contributed by atoms with E-state index in [1.54, 1.807) is 12.1 Å². The van der Waals surface area contributed by atoms with Crippen molar-refractivity contribution in [3.63, 3.8) is 0 Å². The third-order valence-corrected chi connectivity index (χ3v) is 6.65. The summed E-state index contributed by atoms with van der Waals surface area (Å²) in [4.78, 5) is 5.84. The number of rotatable bonds is 2. The number of benzene rings is 1. The Balaban J connectivity index is 2.05. The molecule has 2 heterocycles. The van der Waals surface area contributed by atoms with E-state index in [1.165, 1.54) is 24.3 Å². The van der Waals surface area contributed by atoms with Crippen LogP contribution in [0, 0.1) is 103 Å². The molecule has 3 aromatic rings. The molecule has 0 saturated heterocycles. The second kappa shape index (κ2) is 10.4. The topological polar surface area (TPSA) is 169 Å². The molecule has 8 nitrogen and oxygen atoms in total. The molecule has 206 valence electrons. The van der Waals surface area contributed by atoms with Crippen LogP contribution in [0.15, 0.2) is 35.4 Å². The summed E-state index contributed by atoms with van der Waals surface area (Å²) in [7, 11) is 0. The zero-order valence-corrected chi connectivity index (χ0v) is 21.2. The lowest BCUT2D eigenvalue weighted by molar-refractivity contribution is 0.511. The lowest BCUT2D eigenvalue weighted by Gasteiger charge is -2.14. The molecule has 5 rings (SSSR count). The number of aromatic nitrogens is 2. The minimum atomic E-state index is -1.55. The molecule has 2 aromatic heterocycles. The molecule has 1 aromatic carbocycles. The smallest absolute Gasteiger partial charge is 0.206 e. The summed E-state index contributed by atoms with van der Waals surface area (Å²) in [6, 6.07) is 11.3. The Bertz CT molecular complexity index is 2070. The predicted octanol–water partition coefficient (Wildman–Crippen LogP) is 5.81. The van der Waals surface area contributed by atoms with Crippen molar-refractivity contribution < 1.29 is 26.3 Å². The first-order valence-corrected chi connectivity index (χ1v) is 11.7. The summed E-state index contributed by atoms with van der Waals surface area (Å²) in [5.74, 6) is -8.80. The van der Waals surface area contributed by atoms with Gasteiger partial charge in [-0.2, -0.15) is 59.1 Å². The van der Waals surface area contributed by atoms with Crippen molar-refractivity contribution in [3.05, 3.63) is 104 Å². The highest BCUT2D eigenvalue weighted by molar-refractivity contribution is 6.30. The molecule has 0 bridgehead atoms. The van der Waals surface area contributed by atoms with E-state index in [0.29, 0.717) is 24.3 Å². The van der Waals surface area contributed by atoms with Crippen LogP contribution in [-0.4, -0.2) is 9.97 Å². The van der Waals surface area contributed by atoms with Crippen LogP contribution >= 0.6 is 0 Å². The fourth-order valence-corrected chi connectivity index (χ4v) is 5.17. The normalized spacial score (nSPS) is 12.8. The Kier molecular flexibility index (Phi) is 6.77. The standard InChI is InChI=1S/C30H4F6N8/c31-17-1-11(2-18(32)43-17)21-15(9-41)25-27(23(21)13(5-37)6-38)30(36)26-16(10-42)22(12-3-19(33)44-20(34)4-12)24(14(7-39)8-40)28(26)29(25)35/h1-4H. The molecule has 2 aliphatic carbocycles. The van der Waals surface area contributed by atoms with Crippen LogP contribution in [0.1, 0.15) is 33.4 Å². The van der Waals surface area contributed by atoms with Crippen LogP contribution in [-0.2, 0) is 0 Å². The van der Waals surface area contributed by atoms with Gasteiger partial charge in [0, 0.05) is 68.8 Å². The average molecular weight is 590 g/mol. The van der Waals surface area contributed by atoms with E-state index in [-0.39, 0.29) is 0 Å². The molecule has 0 unspecified atom stereocenters. The first kappa shape index (κ1) is 28.5. The maximum atomic E-state index is 16.8. The molecule has 0 fully saturated rings. The minimum absolute atomic E-state index is 0.537. The fraction of sp³-hybridized carbons (Fsp3) is 0. The summed E-state index contributed by atoms with van der Waals surface area (Å²) in [5, 5.41) is 58.9. The molecule has 2 aliphatic rings. The number of nitriles is 6. The van der Waals surface area contributed by atoms with Crippen molar-refractivity contribution in [2.75, 3.05) is 0 Å². The van der Waals surface area contributed by atoms with Gasteiger partial charge in [-0.25, -0.2) is 8.78 Å². The average Bonchev–Trinajstić information content (AvgIpc) is 3.51. The van der Waals surface area contributed by atoms with E-state index in [0.717, 1.165) is 0 Å². The Morgan fingerprint density at radius 3 is 1.02 bits per heavy atom. The van der Waals surface area contributed by atoms with Crippen LogP contribution < -0.4 is 0 Å². The number of allylic oxidation sites excluding steroid dienone is 8. The summed E-state index contributed by atoms with van der Waals surface area (Å²) in [6.45, 7) is 0.